The first-order valence-corrected chi connectivity index (χ1v) is 4.51. The first-order chi connectivity index (χ1) is 4.77. The maximum atomic E-state index is 2.62. The monoisotopic (exact) mass is 139 g/mol. The van der Waals surface area contributed by atoms with Gasteiger partial charge < -0.3 is 4.90 Å². The second-order valence-corrected chi connectivity index (χ2v) is 4.13. The Morgan fingerprint density at radius 3 is 2.70 bits per heavy atom. The van der Waals surface area contributed by atoms with Gasteiger partial charge in [0.2, 0.25) is 0 Å². The third kappa shape index (κ3) is 1.07. The van der Waals surface area contributed by atoms with Crippen molar-refractivity contribution in [2.24, 2.45) is 11.8 Å². The molecular weight excluding hydrogens is 122 g/mol. The van der Waals surface area contributed by atoms with Crippen LogP contribution in [0.15, 0.2) is 0 Å². The Hall–Kier alpha value is -0.0400. The van der Waals surface area contributed by atoms with Crippen LogP contribution >= 0.6 is 0 Å². The molecular formula is C9H17N. The molecule has 0 spiro atoms. The molecule has 0 amide bonds. The lowest BCUT2D eigenvalue weighted by Gasteiger charge is -2.29. The van der Waals surface area contributed by atoms with Gasteiger partial charge in [0.25, 0.3) is 0 Å². The highest BCUT2D eigenvalue weighted by Crippen LogP contribution is 2.45. The van der Waals surface area contributed by atoms with E-state index in [0.717, 1.165) is 17.9 Å². The molecule has 0 aromatic carbocycles. The van der Waals surface area contributed by atoms with Gasteiger partial charge in [-0.1, -0.05) is 0 Å². The van der Waals surface area contributed by atoms with Crippen molar-refractivity contribution in [2.75, 3.05) is 13.1 Å². The minimum Gasteiger partial charge on any atom is -0.301 e. The first-order valence-electron chi connectivity index (χ1n) is 4.51. The number of hydrogen-bond donors (Lipinski definition) is 0. The van der Waals surface area contributed by atoms with Crippen molar-refractivity contribution in [3.8, 4) is 0 Å². The molecule has 1 saturated carbocycles. The lowest BCUT2D eigenvalue weighted by molar-refractivity contribution is 0.177. The van der Waals surface area contributed by atoms with Gasteiger partial charge in [0, 0.05) is 12.6 Å². The van der Waals surface area contributed by atoms with Gasteiger partial charge in [0.15, 0.2) is 0 Å². The van der Waals surface area contributed by atoms with Crippen LogP contribution in [-0.2, 0) is 0 Å². The fourth-order valence-corrected chi connectivity index (χ4v) is 2.08. The molecule has 2 rings (SSSR count). The summed E-state index contributed by atoms with van der Waals surface area (Å²) in [5, 5.41) is 0. The molecule has 2 atom stereocenters. The molecule has 0 bridgehead atoms. The molecule has 0 radical (unpaired) electrons. The van der Waals surface area contributed by atoms with Crippen LogP contribution in [0.1, 0.15) is 26.7 Å². The summed E-state index contributed by atoms with van der Waals surface area (Å²) in [5.74, 6) is 2.23. The second kappa shape index (κ2) is 2.23. The van der Waals surface area contributed by atoms with Gasteiger partial charge in [0.05, 0.1) is 0 Å². The van der Waals surface area contributed by atoms with Crippen LogP contribution in [0.2, 0.25) is 0 Å². The quantitative estimate of drug-likeness (QED) is 0.535. The molecule has 0 aromatic rings. The summed E-state index contributed by atoms with van der Waals surface area (Å²) in [5.41, 5.74) is 0. The van der Waals surface area contributed by atoms with E-state index in [0.29, 0.717) is 0 Å². The largest absolute Gasteiger partial charge is 0.301 e. The van der Waals surface area contributed by atoms with Crippen LogP contribution in [0.3, 0.4) is 0 Å². The molecule has 0 aromatic heterocycles. The molecule has 2 fully saturated rings. The van der Waals surface area contributed by atoms with Crippen LogP contribution in [0.4, 0.5) is 0 Å². The minimum atomic E-state index is 0.779. The predicted molar refractivity (Wildman–Crippen MR) is 42.9 cm³/mol. The molecule has 0 N–H and O–H groups in total. The number of fused-ring (bicyclic) bond motifs is 1. The molecule has 1 saturated heterocycles. The van der Waals surface area contributed by atoms with E-state index >= 15 is 0 Å². The zero-order valence-electron chi connectivity index (χ0n) is 7.01. The van der Waals surface area contributed by atoms with Gasteiger partial charge in [-0.05, 0) is 45.1 Å². The number of likely N-dealkylation sites (tertiary alicyclic amines) is 1. The van der Waals surface area contributed by atoms with Crippen LogP contribution in [0, 0.1) is 11.8 Å². The van der Waals surface area contributed by atoms with Crippen molar-refractivity contribution < 1.29 is 0 Å². The van der Waals surface area contributed by atoms with Gasteiger partial charge in [-0.25, -0.2) is 0 Å². The van der Waals surface area contributed by atoms with Crippen LogP contribution < -0.4 is 0 Å². The maximum absolute atomic E-state index is 2.62. The van der Waals surface area contributed by atoms with Crippen molar-refractivity contribution in [1.82, 2.24) is 4.90 Å². The van der Waals surface area contributed by atoms with Gasteiger partial charge in [-0.2, -0.15) is 0 Å². The third-order valence-corrected chi connectivity index (χ3v) is 3.06. The topological polar surface area (TPSA) is 3.24 Å². The summed E-state index contributed by atoms with van der Waals surface area (Å²) < 4.78 is 0. The lowest BCUT2D eigenvalue weighted by Crippen LogP contribution is -2.36. The zero-order chi connectivity index (χ0) is 7.14. The van der Waals surface area contributed by atoms with Crippen molar-refractivity contribution in [3.05, 3.63) is 0 Å². The summed E-state index contributed by atoms with van der Waals surface area (Å²) in [6.45, 7) is 7.37. The highest BCUT2D eigenvalue weighted by atomic mass is 15.2. The van der Waals surface area contributed by atoms with E-state index < -0.39 is 0 Å². The Labute approximate surface area is 63.4 Å². The number of rotatable bonds is 1. The van der Waals surface area contributed by atoms with Crippen molar-refractivity contribution in [1.29, 1.82) is 0 Å². The Balaban J connectivity index is 1.88. The highest BCUT2D eigenvalue weighted by Gasteiger charge is 2.41. The normalized spacial score (nSPS) is 39.9. The summed E-state index contributed by atoms with van der Waals surface area (Å²) >= 11 is 0. The summed E-state index contributed by atoms with van der Waals surface area (Å²) in [4.78, 5) is 2.62. The molecule has 1 heterocycles. The lowest BCUT2D eigenvalue weighted by atomic mass is 10.1. The van der Waals surface area contributed by atoms with Gasteiger partial charge in [0.1, 0.15) is 0 Å². The summed E-state index contributed by atoms with van der Waals surface area (Å²) in [6.07, 6.45) is 3.01. The van der Waals surface area contributed by atoms with Crippen molar-refractivity contribution >= 4 is 0 Å². The standard InChI is InChI=1S/C9H17N/c1-7(2)10-4-3-8-5-9(8)6-10/h7-9H,3-6H2,1-2H3/t8-,9-/m0/s1. The number of piperidine rings is 1. The van der Waals surface area contributed by atoms with E-state index in [9.17, 15) is 0 Å². The smallest absolute Gasteiger partial charge is 0.00387 e. The molecule has 1 heteroatoms. The van der Waals surface area contributed by atoms with Crippen LogP contribution in [-0.4, -0.2) is 24.0 Å². The number of nitrogens with zero attached hydrogens (tertiary/aromatic N) is 1. The maximum Gasteiger partial charge on any atom is 0.00387 e. The van der Waals surface area contributed by atoms with Gasteiger partial charge in [-0.3, -0.25) is 0 Å². The average molecular weight is 139 g/mol. The van der Waals surface area contributed by atoms with E-state index in [1.807, 2.05) is 0 Å². The molecule has 10 heavy (non-hydrogen) atoms. The molecule has 1 aliphatic heterocycles. The molecule has 2 aliphatic rings. The molecule has 0 unspecified atom stereocenters. The van der Waals surface area contributed by atoms with Gasteiger partial charge in [-0.15, -0.1) is 0 Å². The van der Waals surface area contributed by atoms with Crippen LogP contribution in [0.5, 0.6) is 0 Å². The Morgan fingerprint density at radius 1 is 1.30 bits per heavy atom. The Kier molecular flexibility index (Phi) is 1.48. The summed E-state index contributed by atoms with van der Waals surface area (Å²) in [7, 11) is 0. The van der Waals surface area contributed by atoms with E-state index in [1.54, 1.807) is 0 Å². The van der Waals surface area contributed by atoms with Gasteiger partial charge >= 0.3 is 0 Å². The minimum absolute atomic E-state index is 0.779. The van der Waals surface area contributed by atoms with Crippen LogP contribution in [0.25, 0.3) is 0 Å². The summed E-state index contributed by atoms with van der Waals surface area (Å²) in [6, 6.07) is 0.779. The fraction of sp³-hybridized carbons (Fsp3) is 1.00. The third-order valence-electron chi connectivity index (χ3n) is 3.06. The van der Waals surface area contributed by atoms with E-state index in [4.69, 9.17) is 0 Å². The van der Waals surface area contributed by atoms with Crippen molar-refractivity contribution in [2.45, 2.75) is 32.7 Å². The molecule has 1 aliphatic carbocycles. The zero-order valence-corrected chi connectivity index (χ0v) is 7.01. The van der Waals surface area contributed by atoms with E-state index in [-0.39, 0.29) is 0 Å². The SMILES string of the molecule is CC(C)N1CC[C@H]2C[C@H]2C1. The second-order valence-electron chi connectivity index (χ2n) is 4.13. The predicted octanol–water partition coefficient (Wildman–Crippen LogP) is 1.74. The highest BCUT2D eigenvalue weighted by molar-refractivity contribution is 4.93. The van der Waals surface area contributed by atoms with Crippen molar-refractivity contribution in [3.63, 3.8) is 0 Å². The fourth-order valence-electron chi connectivity index (χ4n) is 2.08. The Morgan fingerprint density at radius 2 is 2.10 bits per heavy atom. The van der Waals surface area contributed by atoms with E-state index in [2.05, 4.69) is 18.7 Å². The van der Waals surface area contributed by atoms with E-state index in [1.165, 1.54) is 25.9 Å². The first kappa shape index (κ1) is 6.66. The molecule has 1 nitrogen and oxygen atoms in total. The molecule has 58 valence electrons. The number of hydrogen-bond acceptors (Lipinski definition) is 1. The average Bonchev–Trinajstić information content (AvgIpc) is 2.63. The Bertz CT molecular complexity index is 131.